The van der Waals surface area contributed by atoms with Crippen LogP contribution < -0.4 is 10.6 Å². The Labute approximate surface area is 121 Å². The Kier molecular flexibility index (Phi) is 5.22. The molecular weight excluding hydrogens is 248 g/mol. The number of amides is 1. The fourth-order valence-corrected chi connectivity index (χ4v) is 2.42. The molecule has 108 valence electrons. The van der Waals surface area contributed by atoms with Crippen LogP contribution in [-0.2, 0) is 0 Å². The molecule has 0 heterocycles. The highest BCUT2D eigenvalue weighted by atomic mass is 16.1. The predicted molar refractivity (Wildman–Crippen MR) is 84.0 cm³/mol. The minimum absolute atomic E-state index is 0.00995. The zero-order valence-electron chi connectivity index (χ0n) is 12.4. The van der Waals surface area contributed by atoms with Gasteiger partial charge in [0.2, 0.25) is 0 Å². The molecule has 0 aromatic heterocycles. The van der Waals surface area contributed by atoms with E-state index in [1.807, 2.05) is 38.1 Å². The van der Waals surface area contributed by atoms with Gasteiger partial charge in [-0.2, -0.15) is 0 Å². The number of hydrogen-bond donors (Lipinski definition) is 2. The van der Waals surface area contributed by atoms with Gasteiger partial charge in [0.15, 0.2) is 0 Å². The van der Waals surface area contributed by atoms with E-state index < -0.39 is 0 Å². The van der Waals surface area contributed by atoms with Crippen molar-refractivity contribution >= 4 is 11.6 Å². The molecule has 1 aliphatic carbocycles. The van der Waals surface area contributed by atoms with E-state index in [-0.39, 0.29) is 11.9 Å². The average Bonchev–Trinajstić information content (AvgIpc) is 2.46. The first-order valence-corrected chi connectivity index (χ1v) is 7.45. The van der Waals surface area contributed by atoms with Crippen molar-refractivity contribution < 1.29 is 4.79 Å². The zero-order chi connectivity index (χ0) is 14.4. The van der Waals surface area contributed by atoms with Gasteiger partial charge in [0, 0.05) is 23.8 Å². The van der Waals surface area contributed by atoms with Gasteiger partial charge in [-0.15, -0.1) is 0 Å². The molecule has 20 heavy (non-hydrogen) atoms. The molecule has 0 aliphatic heterocycles. The van der Waals surface area contributed by atoms with Crippen LogP contribution in [0.2, 0.25) is 0 Å². The van der Waals surface area contributed by atoms with Gasteiger partial charge in [-0.05, 0) is 57.2 Å². The highest BCUT2D eigenvalue weighted by Crippen LogP contribution is 2.19. The molecule has 0 bridgehead atoms. The SMILES string of the molecule is CC(C)NC(=O)c1cccc(NCC2CC=CCC2)c1. The number of rotatable bonds is 5. The Morgan fingerprint density at radius 1 is 1.35 bits per heavy atom. The molecule has 2 N–H and O–H groups in total. The van der Waals surface area contributed by atoms with E-state index in [0.29, 0.717) is 11.5 Å². The molecule has 1 unspecified atom stereocenters. The lowest BCUT2D eigenvalue weighted by Crippen LogP contribution is -2.30. The first kappa shape index (κ1) is 14.6. The number of carbonyl (C=O) groups excluding carboxylic acids is 1. The third-order valence-electron chi connectivity index (χ3n) is 3.52. The maximum absolute atomic E-state index is 12.0. The van der Waals surface area contributed by atoms with E-state index in [1.165, 1.54) is 12.8 Å². The van der Waals surface area contributed by atoms with Crippen molar-refractivity contribution in [2.45, 2.75) is 39.2 Å². The number of hydrogen-bond acceptors (Lipinski definition) is 2. The molecule has 1 atom stereocenters. The molecule has 1 aliphatic rings. The molecule has 0 spiro atoms. The van der Waals surface area contributed by atoms with Crippen molar-refractivity contribution in [2.75, 3.05) is 11.9 Å². The lowest BCUT2D eigenvalue weighted by atomic mass is 9.94. The number of nitrogens with one attached hydrogen (secondary N) is 2. The topological polar surface area (TPSA) is 41.1 Å². The molecule has 3 nitrogen and oxygen atoms in total. The van der Waals surface area contributed by atoms with Gasteiger partial charge in [-0.1, -0.05) is 18.2 Å². The molecule has 0 radical (unpaired) electrons. The standard InChI is InChI=1S/C17H24N2O/c1-13(2)19-17(20)15-9-6-10-16(11-15)18-12-14-7-4-3-5-8-14/h3-4,6,9-11,13-14,18H,5,7-8,12H2,1-2H3,(H,19,20). The number of benzene rings is 1. The first-order chi connectivity index (χ1) is 9.65. The van der Waals surface area contributed by atoms with E-state index in [4.69, 9.17) is 0 Å². The van der Waals surface area contributed by atoms with Crippen LogP contribution in [0.5, 0.6) is 0 Å². The van der Waals surface area contributed by atoms with Gasteiger partial charge in [0.1, 0.15) is 0 Å². The van der Waals surface area contributed by atoms with Crippen LogP contribution in [0.3, 0.4) is 0 Å². The van der Waals surface area contributed by atoms with E-state index in [1.54, 1.807) is 0 Å². The Hall–Kier alpha value is -1.77. The van der Waals surface area contributed by atoms with Crippen LogP contribution in [0.15, 0.2) is 36.4 Å². The Morgan fingerprint density at radius 2 is 2.20 bits per heavy atom. The molecule has 0 saturated heterocycles. The van der Waals surface area contributed by atoms with Crippen LogP contribution in [0.25, 0.3) is 0 Å². The van der Waals surface area contributed by atoms with Crippen molar-refractivity contribution in [3.63, 3.8) is 0 Å². The van der Waals surface area contributed by atoms with E-state index in [9.17, 15) is 4.79 Å². The predicted octanol–water partition coefficient (Wildman–Crippen LogP) is 3.59. The zero-order valence-corrected chi connectivity index (χ0v) is 12.4. The van der Waals surface area contributed by atoms with Crippen molar-refractivity contribution in [1.29, 1.82) is 0 Å². The van der Waals surface area contributed by atoms with Gasteiger partial charge in [0.05, 0.1) is 0 Å². The molecule has 0 fully saturated rings. The molecule has 3 heteroatoms. The third kappa shape index (κ3) is 4.41. The largest absolute Gasteiger partial charge is 0.385 e. The fraction of sp³-hybridized carbons (Fsp3) is 0.471. The highest BCUT2D eigenvalue weighted by Gasteiger charge is 2.10. The second-order valence-electron chi connectivity index (χ2n) is 5.74. The highest BCUT2D eigenvalue weighted by molar-refractivity contribution is 5.95. The van der Waals surface area contributed by atoms with E-state index in [2.05, 4.69) is 22.8 Å². The Morgan fingerprint density at radius 3 is 2.90 bits per heavy atom. The van der Waals surface area contributed by atoms with E-state index >= 15 is 0 Å². The Bertz CT molecular complexity index is 480. The summed E-state index contributed by atoms with van der Waals surface area (Å²) in [6, 6.07) is 7.89. The second kappa shape index (κ2) is 7.13. The van der Waals surface area contributed by atoms with E-state index in [0.717, 1.165) is 18.7 Å². The van der Waals surface area contributed by atoms with Gasteiger partial charge < -0.3 is 10.6 Å². The van der Waals surface area contributed by atoms with Gasteiger partial charge in [0.25, 0.3) is 5.91 Å². The van der Waals surface area contributed by atoms with Gasteiger partial charge in [-0.3, -0.25) is 4.79 Å². The summed E-state index contributed by atoms with van der Waals surface area (Å²) in [7, 11) is 0. The fourth-order valence-electron chi connectivity index (χ4n) is 2.42. The lowest BCUT2D eigenvalue weighted by molar-refractivity contribution is 0.0943. The number of allylic oxidation sites excluding steroid dienone is 2. The quantitative estimate of drug-likeness (QED) is 0.804. The summed E-state index contributed by atoms with van der Waals surface area (Å²) in [4.78, 5) is 12.0. The van der Waals surface area contributed by atoms with Crippen LogP contribution >= 0.6 is 0 Å². The van der Waals surface area contributed by atoms with Crippen LogP contribution in [0.4, 0.5) is 5.69 Å². The van der Waals surface area contributed by atoms with Crippen LogP contribution in [0, 0.1) is 5.92 Å². The molecular formula is C17H24N2O. The maximum Gasteiger partial charge on any atom is 0.251 e. The molecule has 1 aromatic carbocycles. The normalized spacial score (nSPS) is 18.1. The lowest BCUT2D eigenvalue weighted by Gasteiger charge is -2.19. The van der Waals surface area contributed by atoms with Gasteiger partial charge in [-0.25, -0.2) is 0 Å². The summed E-state index contributed by atoms with van der Waals surface area (Å²) in [5.41, 5.74) is 1.74. The summed E-state index contributed by atoms with van der Waals surface area (Å²) in [6.07, 6.45) is 8.11. The summed E-state index contributed by atoms with van der Waals surface area (Å²) in [5, 5.41) is 6.36. The monoisotopic (exact) mass is 272 g/mol. The summed E-state index contributed by atoms with van der Waals surface area (Å²) in [5.74, 6) is 0.692. The molecule has 1 aromatic rings. The first-order valence-electron chi connectivity index (χ1n) is 7.45. The third-order valence-corrected chi connectivity index (χ3v) is 3.52. The Balaban J connectivity index is 1.92. The van der Waals surface area contributed by atoms with Crippen molar-refractivity contribution in [2.24, 2.45) is 5.92 Å². The molecule has 1 amide bonds. The summed E-state index contributed by atoms with van der Waals surface area (Å²) in [6.45, 7) is 4.91. The van der Waals surface area contributed by atoms with Crippen LogP contribution in [-0.4, -0.2) is 18.5 Å². The second-order valence-corrected chi connectivity index (χ2v) is 5.74. The smallest absolute Gasteiger partial charge is 0.251 e. The van der Waals surface area contributed by atoms with Gasteiger partial charge >= 0.3 is 0 Å². The minimum Gasteiger partial charge on any atom is -0.385 e. The van der Waals surface area contributed by atoms with Crippen molar-refractivity contribution in [1.82, 2.24) is 5.32 Å². The minimum atomic E-state index is -0.00995. The maximum atomic E-state index is 12.0. The number of carbonyl (C=O) groups is 1. The average molecular weight is 272 g/mol. The summed E-state index contributed by atoms with van der Waals surface area (Å²) >= 11 is 0. The molecule has 2 rings (SSSR count). The van der Waals surface area contributed by atoms with Crippen LogP contribution in [0.1, 0.15) is 43.5 Å². The number of anilines is 1. The summed E-state index contributed by atoms with van der Waals surface area (Å²) < 4.78 is 0. The molecule has 0 saturated carbocycles. The van der Waals surface area contributed by atoms with Crippen molar-refractivity contribution in [3.05, 3.63) is 42.0 Å². The van der Waals surface area contributed by atoms with Crippen molar-refractivity contribution in [3.8, 4) is 0 Å².